The van der Waals surface area contributed by atoms with E-state index in [1.165, 1.54) is 0 Å². The van der Waals surface area contributed by atoms with Gasteiger partial charge in [-0.1, -0.05) is 56.3 Å². The van der Waals surface area contributed by atoms with Crippen molar-refractivity contribution >= 4 is 17.6 Å². The molecule has 0 radical (unpaired) electrons. The molecule has 34 heavy (non-hydrogen) atoms. The number of aliphatic hydroxyl groups excluding tert-OH is 1. The quantitative estimate of drug-likeness (QED) is 0.352. The summed E-state index contributed by atoms with van der Waals surface area (Å²) < 4.78 is 5.20. The lowest BCUT2D eigenvalue weighted by molar-refractivity contribution is -0.132. The van der Waals surface area contributed by atoms with E-state index in [0.717, 1.165) is 11.1 Å². The third-order valence-electron chi connectivity index (χ3n) is 5.80. The van der Waals surface area contributed by atoms with E-state index < -0.39 is 36.1 Å². The van der Waals surface area contributed by atoms with Crippen molar-refractivity contribution in [3.8, 4) is 11.1 Å². The monoisotopic (exact) mass is 467 g/mol. The Kier molecular flexibility index (Phi) is 8.55. The molecule has 0 aliphatic carbocycles. The zero-order valence-electron chi connectivity index (χ0n) is 19.8. The van der Waals surface area contributed by atoms with Gasteiger partial charge in [-0.2, -0.15) is 0 Å². The Balaban J connectivity index is 1.73. The molecule has 1 aliphatic rings. The fourth-order valence-corrected chi connectivity index (χ4v) is 3.82. The summed E-state index contributed by atoms with van der Waals surface area (Å²) in [7, 11) is 1.68. The molecule has 1 aliphatic heterocycles. The number of ether oxygens (including phenoxy) is 1. The van der Waals surface area contributed by atoms with Crippen LogP contribution in [0, 0.1) is 5.92 Å². The Morgan fingerprint density at radius 1 is 1.00 bits per heavy atom. The molecule has 8 heteroatoms. The van der Waals surface area contributed by atoms with E-state index in [9.17, 15) is 19.5 Å². The number of aliphatic hydroxyl groups is 1. The SMILES string of the molecule is CNC[C@H](NC(=O)c1cccc(-c2ccccc2)c1)C(=O)NC(CC(C)C)C(=O)C1(CO)CO1. The molecule has 0 bridgehead atoms. The number of hydrogen-bond donors (Lipinski definition) is 4. The Labute approximate surface area is 200 Å². The van der Waals surface area contributed by atoms with Gasteiger partial charge in [-0.25, -0.2) is 0 Å². The molecule has 2 unspecified atom stereocenters. The fourth-order valence-electron chi connectivity index (χ4n) is 3.82. The van der Waals surface area contributed by atoms with Gasteiger partial charge in [0.2, 0.25) is 5.91 Å². The van der Waals surface area contributed by atoms with Crippen LogP contribution in [0.25, 0.3) is 11.1 Å². The summed E-state index contributed by atoms with van der Waals surface area (Å²) in [6.07, 6.45) is 0.398. The molecule has 0 aromatic heterocycles. The topological polar surface area (TPSA) is 120 Å². The Morgan fingerprint density at radius 2 is 1.68 bits per heavy atom. The summed E-state index contributed by atoms with van der Waals surface area (Å²) in [5.74, 6) is -1.09. The Hall–Kier alpha value is -3.07. The van der Waals surface area contributed by atoms with E-state index in [4.69, 9.17) is 4.74 Å². The second kappa shape index (κ2) is 11.4. The highest BCUT2D eigenvalue weighted by Crippen LogP contribution is 2.30. The van der Waals surface area contributed by atoms with Crippen LogP contribution in [0.3, 0.4) is 0 Å². The van der Waals surface area contributed by atoms with Crippen LogP contribution in [-0.2, 0) is 14.3 Å². The lowest BCUT2D eigenvalue weighted by Crippen LogP contribution is -2.56. The molecule has 182 valence electrons. The number of likely N-dealkylation sites (N-methyl/N-ethyl adjacent to an activating group) is 1. The maximum Gasteiger partial charge on any atom is 0.251 e. The van der Waals surface area contributed by atoms with Gasteiger partial charge in [0, 0.05) is 12.1 Å². The summed E-state index contributed by atoms with van der Waals surface area (Å²) in [6.45, 7) is 3.78. The van der Waals surface area contributed by atoms with Crippen LogP contribution in [0.1, 0.15) is 30.6 Å². The van der Waals surface area contributed by atoms with Crippen molar-refractivity contribution in [2.75, 3.05) is 26.8 Å². The van der Waals surface area contributed by atoms with Gasteiger partial charge >= 0.3 is 0 Å². The molecular weight excluding hydrogens is 434 g/mol. The number of rotatable bonds is 12. The first-order valence-electron chi connectivity index (χ1n) is 11.5. The third kappa shape index (κ3) is 6.28. The lowest BCUT2D eigenvalue weighted by Gasteiger charge is -2.25. The average Bonchev–Trinajstić information content (AvgIpc) is 3.64. The van der Waals surface area contributed by atoms with Gasteiger partial charge in [-0.05, 0) is 42.6 Å². The number of ketones is 1. The number of carbonyl (C=O) groups is 3. The highest BCUT2D eigenvalue weighted by atomic mass is 16.6. The number of nitrogens with one attached hydrogen (secondary N) is 3. The van der Waals surface area contributed by atoms with Crippen LogP contribution in [0.5, 0.6) is 0 Å². The number of hydrogen-bond acceptors (Lipinski definition) is 6. The molecule has 8 nitrogen and oxygen atoms in total. The van der Waals surface area contributed by atoms with Crippen molar-refractivity contribution in [3.05, 3.63) is 60.2 Å². The number of Topliss-reactive ketones (excluding diaryl/α,β-unsaturated/α-hetero) is 1. The smallest absolute Gasteiger partial charge is 0.251 e. The summed E-state index contributed by atoms with van der Waals surface area (Å²) in [4.78, 5) is 39.0. The second-order valence-corrected chi connectivity index (χ2v) is 9.03. The normalized spacial score (nSPS) is 18.7. The predicted octanol–water partition coefficient (Wildman–Crippen LogP) is 1.53. The first-order valence-corrected chi connectivity index (χ1v) is 11.5. The van der Waals surface area contributed by atoms with E-state index in [1.54, 1.807) is 25.2 Å². The van der Waals surface area contributed by atoms with Gasteiger partial charge in [0.15, 0.2) is 11.4 Å². The van der Waals surface area contributed by atoms with Crippen LogP contribution in [-0.4, -0.2) is 67.2 Å². The van der Waals surface area contributed by atoms with Crippen LogP contribution in [0.4, 0.5) is 0 Å². The summed E-state index contributed by atoms with van der Waals surface area (Å²) in [6, 6.07) is 15.2. The van der Waals surface area contributed by atoms with Crippen LogP contribution < -0.4 is 16.0 Å². The zero-order valence-corrected chi connectivity index (χ0v) is 19.8. The highest BCUT2D eigenvalue weighted by Gasteiger charge is 2.54. The van der Waals surface area contributed by atoms with Crippen LogP contribution >= 0.6 is 0 Å². The zero-order chi connectivity index (χ0) is 24.7. The minimum atomic E-state index is -1.23. The maximum atomic E-state index is 13.1. The van der Waals surface area contributed by atoms with Crippen molar-refractivity contribution in [3.63, 3.8) is 0 Å². The Morgan fingerprint density at radius 3 is 2.26 bits per heavy atom. The first kappa shape index (κ1) is 25.6. The van der Waals surface area contributed by atoms with Gasteiger partial charge in [0.25, 0.3) is 5.91 Å². The molecule has 2 aromatic rings. The minimum absolute atomic E-state index is 0.127. The molecule has 3 atom stereocenters. The number of carbonyl (C=O) groups excluding carboxylic acids is 3. The molecule has 4 N–H and O–H groups in total. The largest absolute Gasteiger partial charge is 0.393 e. The summed E-state index contributed by atoms with van der Waals surface area (Å²) >= 11 is 0. The van der Waals surface area contributed by atoms with Gasteiger partial charge in [0.1, 0.15) is 6.04 Å². The van der Waals surface area contributed by atoms with Gasteiger partial charge < -0.3 is 25.8 Å². The Bertz CT molecular complexity index is 1000. The van der Waals surface area contributed by atoms with Crippen molar-refractivity contribution in [1.82, 2.24) is 16.0 Å². The maximum absolute atomic E-state index is 13.1. The molecule has 0 saturated carbocycles. The average molecular weight is 468 g/mol. The molecule has 1 fully saturated rings. The molecule has 3 rings (SSSR count). The third-order valence-corrected chi connectivity index (χ3v) is 5.80. The number of benzene rings is 2. The van der Waals surface area contributed by atoms with Crippen LogP contribution in [0.15, 0.2) is 54.6 Å². The second-order valence-electron chi connectivity index (χ2n) is 9.03. The summed E-state index contributed by atoms with van der Waals surface area (Å²) in [5.41, 5.74) is 1.07. The number of amides is 2. The van der Waals surface area contributed by atoms with E-state index >= 15 is 0 Å². The van der Waals surface area contributed by atoms with E-state index in [0.29, 0.717) is 12.0 Å². The van der Waals surface area contributed by atoms with E-state index in [2.05, 4.69) is 16.0 Å². The van der Waals surface area contributed by atoms with E-state index in [-0.39, 0.29) is 24.9 Å². The minimum Gasteiger partial charge on any atom is -0.393 e. The number of epoxide rings is 1. The molecule has 1 saturated heterocycles. The van der Waals surface area contributed by atoms with Crippen molar-refractivity contribution in [1.29, 1.82) is 0 Å². The fraction of sp³-hybridized carbons (Fsp3) is 0.423. The lowest BCUT2D eigenvalue weighted by atomic mass is 9.92. The highest BCUT2D eigenvalue weighted by molar-refractivity contribution is 6.00. The molecule has 2 amide bonds. The van der Waals surface area contributed by atoms with Gasteiger partial charge in [-0.3, -0.25) is 14.4 Å². The van der Waals surface area contributed by atoms with Gasteiger partial charge in [0.05, 0.1) is 19.3 Å². The summed E-state index contributed by atoms with van der Waals surface area (Å²) in [5, 5.41) is 18.0. The predicted molar refractivity (Wildman–Crippen MR) is 129 cm³/mol. The molecule has 2 aromatic carbocycles. The molecular formula is C26H33N3O5. The van der Waals surface area contributed by atoms with Crippen LogP contribution in [0.2, 0.25) is 0 Å². The first-order chi connectivity index (χ1) is 16.3. The van der Waals surface area contributed by atoms with Crippen molar-refractivity contribution in [2.45, 2.75) is 38.0 Å². The van der Waals surface area contributed by atoms with Crippen molar-refractivity contribution < 1.29 is 24.2 Å². The standard InChI is InChI=1S/C26H33N3O5/c1-17(2)12-21(23(31)26(15-30)16-34-26)28-25(33)22(14-27-3)29-24(32)20-11-7-10-19(13-20)18-8-5-4-6-9-18/h4-11,13,17,21-22,27,30H,12,14-16H2,1-3H3,(H,28,33)(H,29,32)/t21?,22-,26?/m0/s1. The molecule has 1 heterocycles. The molecule has 0 spiro atoms. The van der Waals surface area contributed by atoms with E-state index in [1.807, 2.05) is 50.2 Å². The van der Waals surface area contributed by atoms with Crippen molar-refractivity contribution in [2.24, 2.45) is 5.92 Å². The van der Waals surface area contributed by atoms with Gasteiger partial charge in [-0.15, -0.1) is 0 Å².